The molecule has 2 N–H and O–H groups in total. The number of para-hydroxylation sites is 1. The smallest absolute Gasteiger partial charge is 0.234 e. The van der Waals surface area contributed by atoms with E-state index in [0.29, 0.717) is 5.69 Å². The lowest BCUT2D eigenvalue weighted by atomic mass is 10.1. The second-order valence-corrected chi connectivity index (χ2v) is 9.89. The molecular formula is C18H19N3O3S3. The Morgan fingerprint density at radius 1 is 1.22 bits per heavy atom. The molecule has 2 aromatic carbocycles. The molecule has 3 rings (SSSR count). The van der Waals surface area contributed by atoms with Crippen molar-refractivity contribution in [3.8, 4) is 0 Å². The van der Waals surface area contributed by atoms with Crippen LogP contribution in [0, 0.1) is 0 Å². The third-order valence-corrected chi connectivity index (χ3v) is 6.44. The van der Waals surface area contributed by atoms with Crippen LogP contribution in [0.5, 0.6) is 0 Å². The minimum absolute atomic E-state index is 0.0837. The van der Waals surface area contributed by atoms with E-state index < -0.39 is 10.0 Å². The summed E-state index contributed by atoms with van der Waals surface area (Å²) < 4.78 is 26.8. The van der Waals surface area contributed by atoms with Crippen molar-refractivity contribution in [2.45, 2.75) is 17.7 Å². The highest BCUT2D eigenvalue weighted by molar-refractivity contribution is 8.01. The van der Waals surface area contributed by atoms with Gasteiger partial charge in [0.15, 0.2) is 4.34 Å². The molecule has 0 unspecified atom stereocenters. The number of hydrogen-bond donors (Lipinski definition) is 2. The molecular weight excluding hydrogens is 402 g/mol. The van der Waals surface area contributed by atoms with Gasteiger partial charge in [-0.3, -0.25) is 9.52 Å². The van der Waals surface area contributed by atoms with Crippen molar-refractivity contribution in [1.29, 1.82) is 0 Å². The number of thiazole rings is 1. The summed E-state index contributed by atoms with van der Waals surface area (Å²) >= 11 is 2.79. The third-order valence-electron chi connectivity index (χ3n) is 3.67. The normalized spacial score (nSPS) is 11.5. The van der Waals surface area contributed by atoms with Gasteiger partial charge in [0.25, 0.3) is 0 Å². The zero-order chi connectivity index (χ0) is 19.4. The maximum Gasteiger partial charge on any atom is 0.234 e. The summed E-state index contributed by atoms with van der Waals surface area (Å²) in [6.07, 6.45) is 1.96. The molecule has 3 aromatic rings. The number of amides is 1. The van der Waals surface area contributed by atoms with Crippen molar-refractivity contribution in [2.75, 3.05) is 22.0 Å². The van der Waals surface area contributed by atoms with Crippen LogP contribution in [0.25, 0.3) is 10.2 Å². The van der Waals surface area contributed by atoms with Crippen molar-refractivity contribution in [1.82, 2.24) is 4.98 Å². The van der Waals surface area contributed by atoms with Gasteiger partial charge >= 0.3 is 0 Å². The Bertz CT molecular complexity index is 1080. The second-order valence-electron chi connectivity index (χ2n) is 5.88. The maximum atomic E-state index is 12.2. The number of anilines is 2. The Morgan fingerprint density at radius 3 is 2.74 bits per heavy atom. The fourth-order valence-electron chi connectivity index (χ4n) is 2.51. The quantitative estimate of drug-likeness (QED) is 0.564. The highest BCUT2D eigenvalue weighted by Gasteiger charge is 2.11. The summed E-state index contributed by atoms with van der Waals surface area (Å²) in [6.45, 7) is 2.05. The van der Waals surface area contributed by atoms with E-state index in [0.717, 1.165) is 38.5 Å². The summed E-state index contributed by atoms with van der Waals surface area (Å²) in [5, 5.41) is 2.94. The molecule has 1 amide bonds. The minimum atomic E-state index is -3.32. The van der Waals surface area contributed by atoms with Gasteiger partial charge < -0.3 is 5.32 Å². The summed E-state index contributed by atoms with van der Waals surface area (Å²) in [5.41, 5.74) is 3.21. The van der Waals surface area contributed by atoms with Gasteiger partial charge in [0.05, 0.1) is 27.9 Å². The van der Waals surface area contributed by atoms with Crippen LogP contribution in [-0.4, -0.2) is 31.3 Å². The first-order valence-electron chi connectivity index (χ1n) is 8.23. The third kappa shape index (κ3) is 5.44. The molecule has 0 atom stereocenters. The van der Waals surface area contributed by atoms with Crippen LogP contribution in [0.15, 0.2) is 46.8 Å². The van der Waals surface area contributed by atoms with Crippen molar-refractivity contribution in [2.24, 2.45) is 0 Å². The largest absolute Gasteiger partial charge is 0.325 e. The summed E-state index contributed by atoms with van der Waals surface area (Å²) in [7, 11) is -3.32. The van der Waals surface area contributed by atoms with Crippen LogP contribution in [0.4, 0.5) is 11.4 Å². The number of rotatable bonds is 7. The molecule has 1 heterocycles. The molecule has 0 aliphatic carbocycles. The van der Waals surface area contributed by atoms with Gasteiger partial charge in [0.2, 0.25) is 15.9 Å². The number of benzene rings is 2. The van der Waals surface area contributed by atoms with Gasteiger partial charge in [-0.1, -0.05) is 36.9 Å². The lowest BCUT2D eigenvalue weighted by molar-refractivity contribution is -0.113. The molecule has 0 aliphatic heterocycles. The lowest BCUT2D eigenvalue weighted by Crippen LogP contribution is -2.15. The summed E-state index contributed by atoms with van der Waals surface area (Å²) in [6, 6.07) is 12.9. The van der Waals surface area contributed by atoms with E-state index in [-0.39, 0.29) is 11.7 Å². The second kappa shape index (κ2) is 8.28. The fourth-order valence-corrected chi connectivity index (χ4v) is 4.97. The first-order chi connectivity index (χ1) is 12.8. The van der Waals surface area contributed by atoms with Gasteiger partial charge in [0.1, 0.15) is 0 Å². The molecule has 1 aromatic heterocycles. The van der Waals surface area contributed by atoms with Crippen LogP contribution < -0.4 is 10.0 Å². The Hall–Kier alpha value is -2.10. The van der Waals surface area contributed by atoms with Gasteiger partial charge in [-0.2, -0.15) is 0 Å². The summed E-state index contributed by atoms with van der Waals surface area (Å²) in [5.74, 6) is 0.173. The first kappa shape index (κ1) is 19.7. The van der Waals surface area contributed by atoms with Crippen molar-refractivity contribution < 1.29 is 13.2 Å². The van der Waals surface area contributed by atoms with E-state index >= 15 is 0 Å². The molecule has 9 heteroatoms. The SMILES string of the molecule is CCc1ccccc1NC(=O)CSc1nc2ccc(NS(C)(=O)=O)cc2s1. The Kier molecular flexibility index (Phi) is 6.03. The first-order valence-corrected chi connectivity index (χ1v) is 11.9. The lowest BCUT2D eigenvalue weighted by Gasteiger charge is -2.08. The Labute approximate surface area is 166 Å². The van der Waals surface area contributed by atoms with Crippen molar-refractivity contribution in [3.05, 3.63) is 48.0 Å². The van der Waals surface area contributed by atoms with E-state index in [1.54, 1.807) is 18.2 Å². The molecule has 6 nitrogen and oxygen atoms in total. The van der Waals surface area contributed by atoms with E-state index in [2.05, 4.69) is 15.0 Å². The minimum Gasteiger partial charge on any atom is -0.325 e. The van der Waals surface area contributed by atoms with Crippen molar-refractivity contribution >= 4 is 60.6 Å². The van der Waals surface area contributed by atoms with Crippen LogP contribution in [0.2, 0.25) is 0 Å². The number of carbonyl (C=O) groups excluding carboxylic acids is 1. The Morgan fingerprint density at radius 2 is 2.00 bits per heavy atom. The molecule has 27 heavy (non-hydrogen) atoms. The van der Waals surface area contributed by atoms with Gasteiger partial charge in [-0.05, 0) is 36.2 Å². The topological polar surface area (TPSA) is 88.2 Å². The van der Waals surface area contributed by atoms with Crippen LogP contribution >= 0.6 is 23.1 Å². The molecule has 0 saturated heterocycles. The number of sulfonamides is 1. The predicted molar refractivity (Wildman–Crippen MR) is 113 cm³/mol. The monoisotopic (exact) mass is 421 g/mol. The van der Waals surface area contributed by atoms with Gasteiger partial charge in [-0.25, -0.2) is 13.4 Å². The average molecular weight is 422 g/mol. The zero-order valence-corrected chi connectivity index (χ0v) is 17.3. The molecule has 0 aliphatic rings. The highest BCUT2D eigenvalue weighted by atomic mass is 32.2. The predicted octanol–water partition coefficient (Wildman–Crippen LogP) is 3.96. The number of hydrogen-bond acceptors (Lipinski definition) is 6. The van der Waals surface area contributed by atoms with E-state index in [4.69, 9.17) is 0 Å². The standard InChI is InChI=1S/C18H19N3O3S3/c1-3-12-6-4-5-7-14(12)19-17(22)11-25-18-20-15-9-8-13(10-16(15)26-18)21-27(2,23)24/h4-10,21H,3,11H2,1-2H3,(H,19,22). The summed E-state index contributed by atoms with van der Waals surface area (Å²) in [4.78, 5) is 16.7. The molecule has 0 spiro atoms. The molecule has 0 radical (unpaired) electrons. The number of aromatic nitrogens is 1. The number of nitrogens with zero attached hydrogens (tertiary/aromatic N) is 1. The molecule has 0 fully saturated rings. The van der Waals surface area contributed by atoms with E-state index in [9.17, 15) is 13.2 Å². The Balaban J connectivity index is 1.65. The molecule has 0 saturated carbocycles. The molecule has 0 bridgehead atoms. The number of nitrogens with one attached hydrogen (secondary N) is 2. The number of fused-ring (bicyclic) bond motifs is 1. The highest BCUT2D eigenvalue weighted by Crippen LogP contribution is 2.31. The number of carbonyl (C=O) groups is 1. The zero-order valence-electron chi connectivity index (χ0n) is 14.9. The number of thioether (sulfide) groups is 1. The van der Waals surface area contributed by atoms with Crippen LogP contribution in [0.1, 0.15) is 12.5 Å². The van der Waals surface area contributed by atoms with E-state index in [1.807, 2.05) is 31.2 Å². The van der Waals surface area contributed by atoms with Gasteiger partial charge in [-0.15, -0.1) is 11.3 Å². The fraction of sp³-hybridized carbons (Fsp3) is 0.222. The molecule has 142 valence electrons. The average Bonchev–Trinajstić information content (AvgIpc) is 3.01. The maximum absolute atomic E-state index is 12.2. The van der Waals surface area contributed by atoms with Crippen molar-refractivity contribution in [3.63, 3.8) is 0 Å². The van der Waals surface area contributed by atoms with Gasteiger partial charge in [0, 0.05) is 5.69 Å². The number of aryl methyl sites for hydroxylation is 1. The van der Waals surface area contributed by atoms with Crippen LogP contribution in [0.3, 0.4) is 0 Å². The van der Waals surface area contributed by atoms with E-state index in [1.165, 1.54) is 23.1 Å². The van der Waals surface area contributed by atoms with Crippen LogP contribution in [-0.2, 0) is 21.2 Å².